The molecule has 126 valence electrons. The van der Waals surface area contributed by atoms with Crippen LogP contribution in [0.5, 0.6) is 0 Å². The molecule has 0 spiro atoms. The Kier molecular flexibility index (Phi) is 3.29. The molecule has 1 aliphatic carbocycles. The van der Waals surface area contributed by atoms with Gasteiger partial charge in [-0.25, -0.2) is 9.97 Å². The molecule has 4 heterocycles. The van der Waals surface area contributed by atoms with Gasteiger partial charge in [-0.3, -0.25) is 4.90 Å². The molecule has 2 saturated heterocycles. The van der Waals surface area contributed by atoms with Gasteiger partial charge >= 0.3 is 0 Å². The Morgan fingerprint density at radius 2 is 1.88 bits per heavy atom. The highest BCUT2D eigenvalue weighted by Gasteiger charge is 2.40. The highest BCUT2D eigenvalue weighted by atomic mass is 15.5. The van der Waals surface area contributed by atoms with Gasteiger partial charge in [0.25, 0.3) is 0 Å². The predicted molar refractivity (Wildman–Crippen MR) is 89.5 cm³/mol. The van der Waals surface area contributed by atoms with Gasteiger partial charge in [0, 0.05) is 57.4 Å². The average molecular weight is 325 g/mol. The van der Waals surface area contributed by atoms with Crippen LogP contribution < -0.4 is 4.90 Å². The highest BCUT2D eigenvalue weighted by molar-refractivity contribution is 5.42. The zero-order valence-electron chi connectivity index (χ0n) is 14.0. The molecule has 2 unspecified atom stereocenters. The topological polar surface area (TPSA) is 63.0 Å². The van der Waals surface area contributed by atoms with Crippen LogP contribution in [-0.4, -0.2) is 56.0 Å². The summed E-state index contributed by atoms with van der Waals surface area (Å²) < 4.78 is 0. The van der Waals surface area contributed by atoms with Crippen LogP contribution in [0.2, 0.25) is 0 Å². The average Bonchev–Trinajstić information content (AvgIpc) is 3.09. The first-order chi connectivity index (χ1) is 11.7. The number of fused-ring (bicyclic) bond motifs is 1. The molecule has 0 N–H and O–H groups in total. The lowest BCUT2D eigenvalue weighted by Gasteiger charge is -2.22. The Labute approximate surface area is 141 Å². The number of rotatable bonds is 4. The molecule has 0 radical (unpaired) electrons. The van der Waals surface area contributed by atoms with Crippen LogP contribution in [0.15, 0.2) is 18.6 Å². The second kappa shape index (κ2) is 5.51. The Hall–Kier alpha value is -2.02. The summed E-state index contributed by atoms with van der Waals surface area (Å²) in [5, 5.41) is 8.57. The maximum Gasteiger partial charge on any atom is 0.132 e. The Morgan fingerprint density at radius 1 is 1.08 bits per heavy atom. The van der Waals surface area contributed by atoms with E-state index in [0.29, 0.717) is 5.92 Å². The number of likely N-dealkylation sites (tertiary alicyclic amines) is 1. The third-order valence-corrected chi connectivity index (χ3v) is 5.59. The van der Waals surface area contributed by atoms with E-state index in [4.69, 9.17) is 0 Å². The summed E-state index contributed by atoms with van der Waals surface area (Å²) in [5.74, 6) is 3.29. The van der Waals surface area contributed by atoms with Crippen molar-refractivity contribution in [3.8, 4) is 0 Å². The zero-order valence-corrected chi connectivity index (χ0v) is 14.0. The molecular weight excluding hydrogens is 302 g/mol. The lowest BCUT2D eigenvalue weighted by Crippen LogP contribution is -2.29. The summed E-state index contributed by atoms with van der Waals surface area (Å²) in [7, 11) is 1.87. The van der Waals surface area contributed by atoms with Crippen molar-refractivity contribution in [1.82, 2.24) is 29.9 Å². The van der Waals surface area contributed by atoms with E-state index in [-0.39, 0.29) is 0 Å². The largest absolute Gasteiger partial charge is 0.356 e. The maximum absolute atomic E-state index is 4.53. The lowest BCUT2D eigenvalue weighted by molar-refractivity contribution is 0.304. The van der Waals surface area contributed by atoms with Gasteiger partial charge in [0.15, 0.2) is 0 Å². The first kappa shape index (κ1) is 14.3. The van der Waals surface area contributed by atoms with Gasteiger partial charge in [-0.1, -0.05) is 0 Å². The molecule has 3 fully saturated rings. The van der Waals surface area contributed by atoms with Crippen molar-refractivity contribution < 1.29 is 0 Å². The van der Waals surface area contributed by atoms with Gasteiger partial charge in [0.2, 0.25) is 0 Å². The van der Waals surface area contributed by atoms with E-state index in [1.54, 1.807) is 11.1 Å². The van der Waals surface area contributed by atoms with Crippen LogP contribution in [-0.2, 0) is 13.6 Å². The number of anilines is 1. The van der Waals surface area contributed by atoms with Gasteiger partial charge in [-0.15, -0.1) is 0 Å². The fraction of sp³-hybridized carbons (Fsp3) is 0.647. The van der Waals surface area contributed by atoms with Gasteiger partial charge in [-0.2, -0.15) is 15.0 Å². The molecule has 7 nitrogen and oxygen atoms in total. The summed E-state index contributed by atoms with van der Waals surface area (Å²) in [4.78, 5) is 15.6. The molecule has 3 aliphatic rings. The Morgan fingerprint density at radius 3 is 2.54 bits per heavy atom. The molecule has 0 bridgehead atoms. The molecule has 2 aromatic heterocycles. The second-order valence-electron chi connectivity index (χ2n) is 7.52. The van der Waals surface area contributed by atoms with E-state index in [9.17, 15) is 0 Å². The van der Waals surface area contributed by atoms with Crippen LogP contribution in [0.3, 0.4) is 0 Å². The summed E-state index contributed by atoms with van der Waals surface area (Å²) in [6.45, 7) is 5.45. The minimum Gasteiger partial charge on any atom is -0.356 e. The number of hydrogen-bond donors (Lipinski definition) is 0. The molecule has 1 saturated carbocycles. The Bertz CT molecular complexity index is 724. The van der Waals surface area contributed by atoms with Gasteiger partial charge in [0.1, 0.15) is 12.1 Å². The minimum atomic E-state index is 0.691. The number of aromatic nitrogens is 5. The van der Waals surface area contributed by atoms with E-state index in [1.807, 2.05) is 13.2 Å². The normalized spacial score (nSPS) is 27.0. The van der Waals surface area contributed by atoms with Crippen molar-refractivity contribution in [3.05, 3.63) is 30.0 Å². The molecule has 24 heavy (non-hydrogen) atoms. The first-order valence-electron chi connectivity index (χ1n) is 8.89. The molecule has 0 aromatic carbocycles. The van der Waals surface area contributed by atoms with Crippen LogP contribution in [0.4, 0.5) is 5.82 Å². The zero-order chi connectivity index (χ0) is 16.1. The number of hydrogen-bond acceptors (Lipinski definition) is 6. The van der Waals surface area contributed by atoms with E-state index in [0.717, 1.165) is 56.1 Å². The summed E-state index contributed by atoms with van der Waals surface area (Å²) in [5.41, 5.74) is 2.31. The van der Waals surface area contributed by atoms with E-state index in [1.165, 1.54) is 18.5 Å². The third kappa shape index (κ3) is 2.66. The second-order valence-corrected chi connectivity index (χ2v) is 7.52. The van der Waals surface area contributed by atoms with Gasteiger partial charge in [0.05, 0.1) is 11.9 Å². The molecular formula is C17H23N7. The highest BCUT2D eigenvalue weighted by Crippen LogP contribution is 2.40. The van der Waals surface area contributed by atoms with Crippen molar-refractivity contribution in [2.24, 2.45) is 18.9 Å². The monoisotopic (exact) mass is 325 g/mol. The fourth-order valence-corrected chi connectivity index (χ4v) is 4.23. The van der Waals surface area contributed by atoms with Crippen molar-refractivity contribution in [3.63, 3.8) is 0 Å². The van der Waals surface area contributed by atoms with Crippen molar-refractivity contribution >= 4 is 5.82 Å². The fourth-order valence-electron chi connectivity index (χ4n) is 4.23. The molecule has 5 rings (SSSR count). The van der Waals surface area contributed by atoms with Crippen LogP contribution >= 0.6 is 0 Å². The summed E-state index contributed by atoms with van der Waals surface area (Å²) >= 11 is 0. The number of nitrogens with zero attached hydrogens (tertiary/aromatic N) is 7. The predicted octanol–water partition coefficient (Wildman–Crippen LogP) is 1.05. The first-order valence-corrected chi connectivity index (χ1v) is 8.89. The molecule has 2 aromatic rings. The minimum absolute atomic E-state index is 0.691. The Balaban J connectivity index is 1.22. The van der Waals surface area contributed by atoms with Crippen LogP contribution in [0, 0.1) is 11.8 Å². The van der Waals surface area contributed by atoms with Gasteiger partial charge < -0.3 is 4.90 Å². The van der Waals surface area contributed by atoms with Gasteiger partial charge in [-0.05, 0) is 24.7 Å². The molecule has 2 atom stereocenters. The van der Waals surface area contributed by atoms with Crippen molar-refractivity contribution in [1.29, 1.82) is 0 Å². The summed E-state index contributed by atoms with van der Waals surface area (Å²) in [6.07, 6.45) is 6.20. The quantitative estimate of drug-likeness (QED) is 0.837. The molecule has 2 aliphatic heterocycles. The van der Waals surface area contributed by atoms with E-state index < -0.39 is 0 Å². The van der Waals surface area contributed by atoms with Crippen molar-refractivity contribution in [2.45, 2.75) is 25.3 Å². The SMILES string of the molecule is Cn1ncc(CN2CC3CN(c4cc(C5CC5)ncn4)CC3C2)n1. The number of aryl methyl sites for hydroxylation is 1. The van der Waals surface area contributed by atoms with Crippen LogP contribution in [0.1, 0.15) is 30.1 Å². The molecule has 0 amide bonds. The third-order valence-electron chi connectivity index (χ3n) is 5.59. The van der Waals surface area contributed by atoms with E-state index >= 15 is 0 Å². The summed E-state index contributed by atoms with van der Waals surface area (Å²) in [6, 6.07) is 2.22. The van der Waals surface area contributed by atoms with Crippen LogP contribution in [0.25, 0.3) is 0 Å². The molecule has 7 heteroatoms. The smallest absolute Gasteiger partial charge is 0.132 e. The van der Waals surface area contributed by atoms with Crippen molar-refractivity contribution in [2.75, 3.05) is 31.1 Å². The lowest BCUT2D eigenvalue weighted by atomic mass is 10.0. The maximum atomic E-state index is 4.53. The van der Waals surface area contributed by atoms with E-state index in [2.05, 4.69) is 36.0 Å². The standard InChI is InChI=1S/C17H23N7/c1-22-20-5-15(21-22)10-23-6-13-8-24(9-14(13)7-23)17-4-16(12-2-3-12)18-11-19-17/h4-5,11-14H,2-3,6-10H2,1H3.